The fourth-order valence-electron chi connectivity index (χ4n) is 4.45. The van der Waals surface area contributed by atoms with E-state index in [2.05, 4.69) is 32.5 Å². The number of hydrogen-bond donors (Lipinski definition) is 1. The summed E-state index contributed by atoms with van der Waals surface area (Å²) < 4.78 is 16.1. The number of piperidine rings is 1. The minimum atomic E-state index is -0.398. The van der Waals surface area contributed by atoms with Gasteiger partial charge < -0.3 is 10.2 Å². The first-order chi connectivity index (χ1) is 17.4. The maximum Gasteiger partial charge on any atom is 0.219 e. The van der Waals surface area contributed by atoms with Crippen molar-refractivity contribution < 1.29 is 9.18 Å². The lowest BCUT2D eigenvalue weighted by molar-refractivity contribution is -0.132. The van der Waals surface area contributed by atoms with E-state index in [-0.39, 0.29) is 17.9 Å². The van der Waals surface area contributed by atoms with Gasteiger partial charge in [-0.2, -0.15) is 0 Å². The molecule has 5 rings (SSSR count). The van der Waals surface area contributed by atoms with Crippen LogP contribution in [-0.2, 0) is 11.8 Å². The lowest BCUT2D eigenvalue weighted by Gasteiger charge is -2.37. The summed E-state index contributed by atoms with van der Waals surface area (Å²) in [6.45, 7) is 4.20. The van der Waals surface area contributed by atoms with Crippen LogP contribution >= 0.6 is 0 Å². The van der Waals surface area contributed by atoms with Crippen molar-refractivity contribution in [1.29, 1.82) is 0 Å². The predicted molar refractivity (Wildman–Crippen MR) is 132 cm³/mol. The van der Waals surface area contributed by atoms with Gasteiger partial charge in [0.05, 0.1) is 18.1 Å². The van der Waals surface area contributed by atoms with E-state index in [9.17, 15) is 9.18 Å². The summed E-state index contributed by atoms with van der Waals surface area (Å²) in [7, 11) is 1.73. The molecule has 4 aromatic rings. The molecule has 3 aromatic heterocycles. The Kier molecular flexibility index (Phi) is 6.36. The number of benzene rings is 1. The maximum absolute atomic E-state index is 14.6. The average molecular weight is 488 g/mol. The number of carbonyl (C=O) groups excluding carboxylic acids is 1. The van der Waals surface area contributed by atoms with E-state index in [4.69, 9.17) is 9.97 Å². The van der Waals surface area contributed by atoms with E-state index in [1.807, 2.05) is 4.90 Å². The molecule has 1 N–H and O–H groups in total. The number of anilines is 2. The maximum atomic E-state index is 14.6. The van der Waals surface area contributed by atoms with Crippen LogP contribution in [0.3, 0.4) is 0 Å². The van der Waals surface area contributed by atoms with Gasteiger partial charge in [-0.3, -0.25) is 19.4 Å². The van der Waals surface area contributed by atoms with E-state index in [1.165, 1.54) is 10.7 Å². The number of likely N-dealkylation sites (tertiary alicyclic amines) is 1. The van der Waals surface area contributed by atoms with Crippen molar-refractivity contribution in [3.8, 4) is 22.6 Å². The van der Waals surface area contributed by atoms with Crippen molar-refractivity contribution >= 4 is 17.4 Å². The lowest BCUT2D eigenvalue weighted by Crippen LogP contribution is -2.44. The van der Waals surface area contributed by atoms with Gasteiger partial charge in [-0.25, -0.2) is 14.4 Å². The standard InChI is InChI=1S/C25H26FN9O/c1-15-4-5-17(13-35(15)16(2)36)25-30-21(22-12-27-8-9-28-22)11-24(31-25)29-18-6-7-20(26)19(10-18)23-14-34(3)33-32-23/h6-12,14-15,17H,4-5,13H2,1-3H3,(H,29,30,31)/t15-,17+/m0/s1. The van der Waals surface area contributed by atoms with Crippen LogP contribution in [0.1, 0.15) is 38.4 Å². The summed E-state index contributed by atoms with van der Waals surface area (Å²) in [5, 5.41) is 11.2. The van der Waals surface area contributed by atoms with Gasteiger partial charge in [0, 0.05) is 62.2 Å². The van der Waals surface area contributed by atoms with Crippen LogP contribution in [0.15, 0.2) is 49.1 Å². The Balaban J connectivity index is 1.51. The molecule has 0 spiro atoms. The minimum absolute atomic E-state index is 0.0226. The van der Waals surface area contributed by atoms with Crippen molar-refractivity contribution in [2.75, 3.05) is 11.9 Å². The number of aromatic nitrogens is 7. The van der Waals surface area contributed by atoms with Gasteiger partial charge in [0.15, 0.2) is 0 Å². The zero-order valence-corrected chi connectivity index (χ0v) is 20.3. The van der Waals surface area contributed by atoms with E-state index >= 15 is 0 Å². The summed E-state index contributed by atoms with van der Waals surface area (Å²) in [5.74, 6) is 0.773. The quantitative estimate of drug-likeness (QED) is 0.453. The Hall–Kier alpha value is -4.28. The van der Waals surface area contributed by atoms with Crippen LogP contribution in [-0.4, -0.2) is 58.3 Å². The van der Waals surface area contributed by atoms with E-state index in [1.54, 1.807) is 57.0 Å². The lowest BCUT2D eigenvalue weighted by atomic mass is 9.92. The third-order valence-electron chi connectivity index (χ3n) is 6.34. The van der Waals surface area contributed by atoms with Crippen molar-refractivity contribution in [2.45, 2.75) is 38.6 Å². The smallest absolute Gasteiger partial charge is 0.219 e. The Morgan fingerprint density at radius 1 is 1.11 bits per heavy atom. The summed E-state index contributed by atoms with van der Waals surface area (Å²) >= 11 is 0. The summed E-state index contributed by atoms with van der Waals surface area (Å²) in [4.78, 5) is 32.2. The summed E-state index contributed by atoms with van der Waals surface area (Å²) in [6, 6.07) is 6.65. The van der Waals surface area contributed by atoms with Gasteiger partial charge in [-0.05, 0) is 38.0 Å². The number of carbonyl (C=O) groups is 1. The van der Waals surface area contributed by atoms with Crippen molar-refractivity contribution in [3.63, 3.8) is 0 Å². The van der Waals surface area contributed by atoms with Crippen LogP contribution in [0.2, 0.25) is 0 Å². The molecule has 1 saturated heterocycles. The Bertz CT molecular complexity index is 1390. The fourth-order valence-corrected chi connectivity index (χ4v) is 4.45. The van der Waals surface area contributed by atoms with Crippen molar-refractivity contribution in [3.05, 3.63) is 60.7 Å². The zero-order valence-electron chi connectivity index (χ0n) is 20.3. The number of halogens is 1. The number of aryl methyl sites for hydroxylation is 1. The second-order valence-electron chi connectivity index (χ2n) is 8.98. The topological polar surface area (TPSA) is 115 Å². The first kappa shape index (κ1) is 23.5. The molecule has 1 aliphatic rings. The highest BCUT2D eigenvalue weighted by molar-refractivity contribution is 5.74. The molecule has 0 bridgehead atoms. The first-order valence-corrected chi connectivity index (χ1v) is 11.7. The molecule has 0 unspecified atom stereocenters. The largest absolute Gasteiger partial charge is 0.340 e. The molecule has 1 amide bonds. The van der Waals surface area contributed by atoms with Gasteiger partial charge in [-0.1, -0.05) is 5.21 Å². The van der Waals surface area contributed by atoms with Crippen molar-refractivity contribution in [1.82, 2.24) is 39.8 Å². The Labute approximate surface area is 207 Å². The Morgan fingerprint density at radius 2 is 1.97 bits per heavy atom. The highest BCUT2D eigenvalue weighted by atomic mass is 19.1. The van der Waals surface area contributed by atoms with Crippen LogP contribution < -0.4 is 5.32 Å². The highest BCUT2D eigenvalue weighted by Crippen LogP contribution is 2.32. The molecule has 36 heavy (non-hydrogen) atoms. The molecule has 0 aliphatic carbocycles. The fraction of sp³-hybridized carbons (Fsp3) is 0.320. The van der Waals surface area contributed by atoms with Crippen LogP contribution in [0.4, 0.5) is 15.9 Å². The van der Waals surface area contributed by atoms with Crippen LogP contribution in [0.25, 0.3) is 22.6 Å². The molecule has 1 aliphatic heterocycles. The highest BCUT2D eigenvalue weighted by Gasteiger charge is 2.30. The van der Waals surface area contributed by atoms with Gasteiger partial charge in [0.2, 0.25) is 5.91 Å². The molecule has 4 heterocycles. The number of nitrogens with zero attached hydrogens (tertiary/aromatic N) is 8. The van der Waals surface area contributed by atoms with Gasteiger partial charge >= 0.3 is 0 Å². The number of nitrogens with one attached hydrogen (secondary N) is 1. The van der Waals surface area contributed by atoms with E-state index < -0.39 is 5.82 Å². The molecule has 10 nitrogen and oxygen atoms in total. The van der Waals surface area contributed by atoms with Gasteiger partial charge in [0.25, 0.3) is 0 Å². The number of amides is 1. The number of hydrogen-bond acceptors (Lipinski definition) is 8. The van der Waals surface area contributed by atoms with Gasteiger partial charge in [-0.15, -0.1) is 5.10 Å². The zero-order chi connectivity index (χ0) is 25.2. The SMILES string of the molecule is CC(=O)N1C[C@H](c2nc(Nc3ccc(F)c(-c4cn(C)nn4)c3)cc(-c3cnccn3)n2)CC[C@@H]1C. The molecular weight excluding hydrogens is 461 g/mol. The molecule has 1 aromatic carbocycles. The van der Waals surface area contributed by atoms with E-state index in [0.717, 1.165) is 12.8 Å². The predicted octanol–water partition coefficient (Wildman–Crippen LogP) is 3.73. The molecular formula is C25H26FN9O. The third-order valence-corrected chi connectivity index (χ3v) is 6.34. The van der Waals surface area contributed by atoms with Gasteiger partial charge in [0.1, 0.15) is 28.8 Å². The molecule has 2 atom stereocenters. The molecule has 184 valence electrons. The van der Waals surface area contributed by atoms with Crippen LogP contribution in [0.5, 0.6) is 0 Å². The monoisotopic (exact) mass is 487 g/mol. The molecule has 11 heteroatoms. The second kappa shape index (κ2) is 9.76. The summed E-state index contributed by atoms with van der Waals surface area (Å²) in [5.41, 5.74) is 2.61. The molecule has 0 saturated carbocycles. The van der Waals surface area contributed by atoms with E-state index in [0.29, 0.717) is 46.5 Å². The van der Waals surface area contributed by atoms with Crippen LogP contribution in [0, 0.1) is 5.82 Å². The molecule has 1 fully saturated rings. The third kappa shape index (κ3) is 4.90. The number of rotatable bonds is 5. The molecule has 0 radical (unpaired) electrons. The second-order valence-corrected chi connectivity index (χ2v) is 8.98. The normalized spacial score (nSPS) is 17.7. The Morgan fingerprint density at radius 3 is 2.69 bits per heavy atom. The van der Waals surface area contributed by atoms with Crippen molar-refractivity contribution in [2.24, 2.45) is 7.05 Å². The average Bonchev–Trinajstić information content (AvgIpc) is 3.31. The first-order valence-electron chi connectivity index (χ1n) is 11.7. The minimum Gasteiger partial charge on any atom is -0.340 e. The summed E-state index contributed by atoms with van der Waals surface area (Å²) in [6.07, 6.45) is 8.24.